The Labute approximate surface area is 229 Å². The third-order valence-corrected chi connectivity index (χ3v) is 10.1. The highest BCUT2D eigenvalue weighted by molar-refractivity contribution is 7.89. The van der Waals surface area contributed by atoms with Crippen LogP contribution in [0.25, 0.3) is 10.2 Å². The van der Waals surface area contributed by atoms with Crippen LogP contribution >= 0.6 is 11.3 Å². The minimum atomic E-state index is -4.17. The Morgan fingerprint density at radius 2 is 1.82 bits per heavy atom. The van der Waals surface area contributed by atoms with E-state index in [0.29, 0.717) is 29.0 Å². The van der Waals surface area contributed by atoms with Gasteiger partial charge in [-0.3, -0.25) is 9.69 Å². The Balaban J connectivity index is 1.41. The van der Waals surface area contributed by atoms with E-state index in [9.17, 15) is 22.0 Å². The van der Waals surface area contributed by atoms with E-state index in [-0.39, 0.29) is 31.8 Å². The molecule has 0 atom stereocenters. The van der Waals surface area contributed by atoms with Crippen LogP contribution in [-0.2, 0) is 21.4 Å². The van der Waals surface area contributed by atoms with E-state index in [1.54, 1.807) is 12.0 Å². The topological polar surface area (TPSA) is 79.8 Å². The van der Waals surface area contributed by atoms with Crippen molar-refractivity contribution in [2.24, 2.45) is 5.92 Å². The Morgan fingerprint density at radius 1 is 1.10 bits per heavy atom. The van der Waals surface area contributed by atoms with Gasteiger partial charge in [-0.15, -0.1) is 0 Å². The highest BCUT2D eigenvalue weighted by Crippen LogP contribution is 2.38. The number of benzene rings is 3. The number of nitrogens with zero attached hydrogens (tertiary/aromatic N) is 3. The van der Waals surface area contributed by atoms with Crippen molar-refractivity contribution in [2.75, 3.05) is 25.1 Å². The molecule has 1 aliphatic rings. The number of piperidine rings is 1. The number of halogens is 2. The summed E-state index contributed by atoms with van der Waals surface area (Å²) >= 11 is 1.41. The number of aromatic nitrogens is 1. The zero-order chi connectivity index (χ0) is 27.7. The molecule has 3 aromatic carbocycles. The highest BCUT2D eigenvalue weighted by Gasteiger charge is 2.36. The summed E-state index contributed by atoms with van der Waals surface area (Å²) in [7, 11) is -2.59. The van der Waals surface area contributed by atoms with Crippen LogP contribution in [0.4, 0.5) is 13.9 Å². The monoisotopic (exact) mass is 571 g/mol. The number of amides is 1. The number of sulfonamides is 1. The lowest BCUT2D eigenvalue weighted by atomic mass is 9.96. The fraction of sp³-hybridized carbons (Fsp3) is 0.286. The molecule has 7 nitrogen and oxygen atoms in total. The summed E-state index contributed by atoms with van der Waals surface area (Å²) in [5.74, 6) is -1.97. The lowest BCUT2D eigenvalue weighted by molar-refractivity contribution is -0.123. The fourth-order valence-corrected chi connectivity index (χ4v) is 7.34. The highest BCUT2D eigenvalue weighted by atomic mass is 32.2. The average Bonchev–Trinajstić information content (AvgIpc) is 3.38. The predicted octanol–water partition coefficient (Wildman–Crippen LogP) is 5.53. The number of anilines is 1. The van der Waals surface area contributed by atoms with Crippen molar-refractivity contribution in [3.63, 3.8) is 0 Å². The molecule has 1 fully saturated rings. The van der Waals surface area contributed by atoms with Crippen LogP contribution in [0.5, 0.6) is 5.75 Å². The first kappa shape index (κ1) is 27.2. The van der Waals surface area contributed by atoms with Gasteiger partial charge in [0.15, 0.2) is 5.13 Å². The van der Waals surface area contributed by atoms with Gasteiger partial charge in [0, 0.05) is 25.1 Å². The number of thiazole rings is 1. The van der Waals surface area contributed by atoms with Crippen LogP contribution in [0.3, 0.4) is 0 Å². The molecule has 0 spiro atoms. The molecule has 11 heteroatoms. The van der Waals surface area contributed by atoms with E-state index in [4.69, 9.17) is 9.72 Å². The van der Waals surface area contributed by atoms with Gasteiger partial charge in [0.2, 0.25) is 15.9 Å². The first-order valence-corrected chi connectivity index (χ1v) is 14.7. The summed E-state index contributed by atoms with van der Waals surface area (Å²) in [4.78, 5) is 19.8. The Kier molecular flexibility index (Phi) is 7.66. The van der Waals surface area contributed by atoms with Gasteiger partial charge >= 0.3 is 0 Å². The molecule has 0 aliphatic carbocycles. The van der Waals surface area contributed by atoms with E-state index in [2.05, 4.69) is 0 Å². The van der Waals surface area contributed by atoms with E-state index < -0.39 is 32.5 Å². The average molecular weight is 572 g/mol. The molecule has 4 aromatic rings. The van der Waals surface area contributed by atoms with Gasteiger partial charge in [-0.25, -0.2) is 22.2 Å². The van der Waals surface area contributed by atoms with Crippen LogP contribution in [0.2, 0.25) is 0 Å². The van der Waals surface area contributed by atoms with Crippen molar-refractivity contribution in [1.82, 2.24) is 9.29 Å². The molecule has 5 rings (SSSR count). The minimum absolute atomic E-state index is 0.0432. The second-order valence-electron chi connectivity index (χ2n) is 9.42. The SMILES string of the molecule is COc1ccc(C)c2sc(N(Cc3ccccc3)C(=O)C3CCN(S(=O)(=O)c4ccc(F)cc4F)CC3)nc12. The van der Waals surface area contributed by atoms with Gasteiger partial charge in [-0.05, 0) is 49.1 Å². The molecule has 0 radical (unpaired) electrons. The number of carbonyl (C=O) groups excluding carboxylic acids is 1. The normalized spacial score (nSPS) is 15.0. The second-order valence-corrected chi connectivity index (χ2v) is 12.3. The van der Waals surface area contributed by atoms with Gasteiger partial charge in [0.25, 0.3) is 0 Å². The first-order chi connectivity index (χ1) is 18.7. The molecular weight excluding hydrogens is 544 g/mol. The number of hydrogen-bond acceptors (Lipinski definition) is 6. The van der Waals surface area contributed by atoms with Crippen LogP contribution < -0.4 is 9.64 Å². The molecule has 0 unspecified atom stereocenters. The number of ether oxygens (including phenoxy) is 1. The Hall–Kier alpha value is -3.41. The summed E-state index contributed by atoms with van der Waals surface area (Å²) in [6, 6.07) is 15.8. The van der Waals surface area contributed by atoms with E-state index in [1.165, 1.54) is 11.3 Å². The number of fused-ring (bicyclic) bond motifs is 1. The van der Waals surface area contributed by atoms with Crippen molar-refractivity contribution in [2.45, 2.75) is 31.2 Å². The first-order valence-electron chi connectivity index (χ1n) is 12.4. The molecule has 204 valence electrons. The maximum atomic E-state index is 14.3. The molecule has 0 N–H and O–H groups in total. The standard InChI is InChI=1S/C28H27F2N3O4S2/c1-18-8-10-23(37-2)25-26(18)38-28(31-25)33(17-19-6-4-3-5-7-19)27(34)20-12-14-32(15-13-20)39(35,36)24-11-9-21(29)16-22(24)30/h3-11,16,20H,12-15,17H2,1-2H3. The van der Waals surface area contributed by atoms with E-state index in [0.717, 1.165) is 32.3 Å². The molecule has 1 saturated heterocycles. The molecule has 2 heterocycles. The molecule has 1 aliphatic heterocycles. The third kappa shape index (κ3) is 5.39. The molecule has 0 saturated carbocycles. The quantitative estimate of drug-likeness (QED) is 0.292. The van der Waals surface area contributed by atoms with Crippen molar-refractivity contribution in [3.8, 4) is 5.75 Å². The maximum Gasteiger partial charge on any atom is 0.245 e. The van der Waals surface area contributed by atoms with Crippen LogP contribution in [-0.4, -0.2) is 43.8 Å². The maximum absolute atomic E-state index is 14.3. The fourth-order valence-electron chi connectivity index (χ4n) is 4.77. The lowest BCUT2D eigenvalue weighted by Crippen LogP contribution is -2.44. The number of hydrogen-bond donors (Lipinski definition) is 0. The Morgan fingerprint density at radius 3 is 2.49 bits per heavy atom. The van der Waals surface area contributed by atoms with Crippen LogP contribution in [0.1, 0.15) is 24.0 Å². The Bertz CT molecular complexity index is 1620. The van der Waals surface area contributed by atoms with Gasteiger partial charge in [0.1, 0.15) is 27.8 Å². The van der Waals surface area contributed by atoms with E-state index >= 15 is 0 Å². The van der Waals surface area contributed by atoms with Gasteiger partial charge < -0.3 is 4.74 Å². The van der Waals surface area contributed by atoms with Gasteiger partial charge in [-0.1, -0.05) is 47.7 Å². The molecule has 1 aromatic heterocycles. The van der Waals surface area contributed by atoms with Crippen molar-refractivity contribution in [3.05, 3.63) is 83.4 Å². The minimum Gasteiger partial charge on any atom is -0.494 e. The smallest absolute Gasteiger partial charge is 0.245 e. The largest absolute Gasteiger partial charge is 0.494 e. The van der Waals surface area contributed by atoms with Crippen molar-refractivity contribution < 1.29 is 26.7 Å². The molecule has 1 amide bonds. The third-order valence-electron chi connectivity index (χ3n) is 6.91. The van der Waals surface area contributed by atoms with Crippen molar-refractivity contribution in [1.29, 1.82) is 0 Å². The summed E-state index contributed by atoms with van der Waals surface area (Å²) in [5.41, 5.74) is 2.64. The molecular formula is C28H27F2N3O4S2. The van der Waals surface area contributed by atoms with E-state index in [1.807, 2.05) is 49.4 Å². The molecule has 39 heavy (non-hydrogen) atoms. The number of methoxy groups -OCH3 is 1. The summed E-state index contributed by atoms with van der Waals surface area (Å²) < 4.78 is 61.2. The summed E-state index contributed by atoms with van der Waals surface area (Å²) in [5, 5.41) is 0.537. The number of rotatable bonds is 7. The summed E-state index contributed by atoms with van der Waals surface area (Å²) in [6.45, 7) is 2.37. The summed E-state index contributed by atoms with van der Waals surface area (Å²) in [6.07, 6.45) is 0.527. The zero-order valence-corrected chi connectivity index (χ0v) is 23.1. The van der Waals surface area contributed by atoms with Crippen molar-refractivity contribution >= 4 is 42.6 Å². The lowest BCUT2D eigenvalue weighted by Gasteiger charge is -2.33. The predicted molar refractivity (Wildman–Crippen MR) is 146 cm³/mol. The van der Waals surface area contributed by atoms with Crippen LogP contribution in [0, 0.1) is 24.5 Å². The number of carbonyl (C=O) groups is 1. The van der Waals surface area contributed by atoms with Gasteiger partial charge in [-0.2, -0.15) is 4.31 Å². The van der Waals surface area contributed by atoms with Gasteiger partial charge in [0.05, 0.1) is 18.4 Å². The number of aryl methyl sites for hydroxylation is 1. The second kappa shape index (κ2) is 11.0. The molecule has 0 bridgehead atoms. The van der Waals surface area contributed by atoms with Crippen LogP contribution in [0.15, 0.2) is 65.6 Å². The zero-order valence-electron chi connectivity index (χ0n) is 21.4.